The molecule has 0 bridgehead atoms. The van der Waals surface area contributed by atoms with E-state index in [2.05, 4.69) is 0 Å². The molecule has 0 atom stereocenters. The second-order valence-electron chi connectivity index (χ2n) is 7.28. The van der Waals surface area contributed by atoms with Crippen molar-refractivity contribution >= 4 is 34.6 Å². The molecule has 1 heterocycles. The van der Waals surface area contributed by atoms with E-state index in [0.717, 1.165) is 6.07 Å². The normalized spacial score (nSPS) is 13.1. The van der Waals surface area contributed by atoms with Crippen LogP contribution in [0, 0.1) is 5.82 Å². The lowest BCUT2D eigenvalue weighted by molar-refractivity contribution is -0.107. The lowest BCUT2D eigenvalue weighted by atomic mass is 9.99. The van der Waals surface area contributed by atoms with Crippen molar-refractivity contribution < 1.29 is 37.0 Å². The van der Waals surface area contributed by atoms with Crippen LogP contribution < -0.4 is 14.4 Å². The van der Waals surface area contributed by atoms with Gasteiger partial charge < -0.3 is 14.3 Å². The quantitative estimate of drug-likeness (QED) is 0.355. The van der Waals surface area contributed by atoms with E-state index in [9.17, 15) is 27.6 Å². The first-order chi connectivity index (χ1) is 15.9. The van der Waals surface area contributed by atoms with Gasteiger partial charge in [-0.3, -0.25) is 9.59 Å². The topological polar surface area (TPSA) is 72.9 Å². The smallest absolute Gasteiger partial charge is 0.387 e. The third-order valence-electron chi connectivity index (χ3n) is 5.18. The standard InChI is InChI=1S/C24H18F3NO5/c1-2-11-32-20-14-5-3-4-6-15(14)21(33-24(26)27)19-18(20)22(30)28(23(19)31)17-8-7-13(9-10-29)12-16(17)25/h3-8,10,12,24H,2,9,11H2,1H3. The Morgan fingerprint density at radius 2 is 1.64 bits per heavy atom. The fourth-order valence-electron chi connectivity index (χ4n) is 3.84. The monoisotopic (exact) mass is 457 g/mol. The molecular weight excluding hydrogens is 439 g/mol. The number of carbonyl (C=O) groups is 3. The fourth-order valence-corrected chi connectivity index (χ4v) is 3.84. The highest BCUT2D eigenvalue weighted by Crippen LogP contribution is 2.46. The van der Waals surface area contributed by atoms with E-state index in [1.54, 1.807) is 18.2 Å². The lowest BCUT2D eigenvalue weighted by Gasteiger charge is -2.16. The Labute approximate surface area is 186 Å². The maximum atomic E-state index is 14.8. The number of amides is 2. The molecule has 9 heteroatoms. The highest BCUT2D eigenvalue weighted by molar-refractivity contribution is 6.38. The first kappa shape index (κ1) is 22.3. The summed E-state index contributed by atoms with van der Waals surface area (Å²) in [5.74, 6) is -3.28. The molecule has 0 saturated carbocycles. The summed E-state index contributed by atoms with van der Waals surface area (Å²) in [6.07, 6.45) is 1.12. The van der Waals surface area contributed by atoms with Crippen LogP contribution in [0.25, 0.3) is 10.8 Å². The van der Waals surface area contributed by atoms with Crippen molar-refractivity contribution in [3.8, 4) is 11.5 Å². The van der Waals surface area contributed by atoms with Crippen molar-refractivity contribution in [2.24, 2.45) is 0 Å². The van der Waals surface area contributed by atoms with Gasteiger partial charge in [-0.15, -0.1) is 0 Å². The summed E-state index contributed by atoms with van der Waals surface area (Å²) in [5, 5.41) is 0.470. The molecule has 0 fully saturated rings. The van der Waals surface area contributed by atoms with Gasteiger partial charge in [0, 0.05) is 17.2 Å². The number of carbonyl (C=O) groups excluding carboxylic acids is 3. The molecule has 3 aromatic rings. The number of fused-ring (bicyclic) bond motifs is 2. The molecule has 0 spiro atoms. The third-order valence-corrected chi connectivity index (χ3v) is 5.18. The number of aldehydes is 1. The van der Waals surface area contributed by atoms with Crippen LogP contribution in [0.2, 0.25) is 0 Å². The van der Waals surface area contributed by atoms with Gasteiger partial charge in [-0.05, 0) is 24.1 Å². The van der Waals surface area contributed by atoms with Crippen LogP contribution in [-0.4, -0.2) is 31.3 Å². The number of ether oxygens (including phenoxy) is 2. The van der Waals surface area contributed by atoms with E-state index in [1.807, 2.05) is 6.92 Å². The van der Waals surface area contributed by atoms with E-state index in [4.69, 9.17) is 9.47 Å². The van der Waals surface area contributed by atoms with Crippen LogP contribution in [0.15, 0.2) is 42.5 Å². The first-order valence-corrected chi connectivity index (χ1v) is 10.2. The molecule has 0 unspecified atom stereocenters. The van der Waals surface area contributed by atoms with Crippen molar-refractivity contribution in [2.75, 3.05) is 11.5 Å². The number of nitrogens with zero attached hydrogens (tertiary/aromatic N) is 1. The van der Waals surface area contributed by atoms with Gasteiger partial charge in [-0.2, -0.15) is 8.78 Å². The molecule has 33 heavy (non-hydrogen) atoms. The van der Waals surface area contributed by atoms with E-state index in [1.165, 1.54) is 18.2 Å². The van der Waals surface area contributed by atoms with Gasteiger partial charge in [-0.1, -0.05) is 37.3 Å². The van der Waals surface area contributed by atoms with Crippen LogP contribution in [0.5, 0.6) is 11.5 Å². The maximum absolute atomic E-state index is 14.8. The number of anilines is 1. The van der Waals surface area contributed by atoms with Gasteiger partial charge in [0.05, 0.1) is 23.4 Å². The van der Waals surface area contributed by atoms with Gasteiger partial charge in [0.2, 0.25) is 0 Å². The SMILES string of the molecule is CCCOc1c2c(c(OC(F)F)c3ccccc13)C(=O)N(c1ccc(CC=O)cc1F)C2=O. The number of hydrogen-bond donors (Lipinski definition) is 0. The molecule has 6 nitrogen and oxygen atoms in total. The van der Waals surface area contributed by atoms with Gasteiger partial charge in [-0.25, -0.2) is 9.29 Å². The highest BCUT2D eigenvalue weighted by Gasteiger charge is 2.44. The molecule has 0 aromatic heterocycles. The maximum Gasteiger partial charge on any atom is 0.387 e. The Morgan fingerprint density at radius 3 is 2.21 bits per heavy atom. The molecule has 0 aliphatic carbocycles. The minimum Gasteiger partial charge on any atom is -0.492 e. The number of alkyl halides is 2. The Morgan fingerprint density at radius 1 is 1.00 bits per heavy atom. The second kappa shape index (κ2) is 8.93. The zero-order chi connectivity index (χ0) is 23.7. The Bertz CT molecular complexity index is 1270. The second-order valence-corrected chi connectivity index (χ2v) is 7.28. The van der Waals surface area contributed by atoms with Crippen molar-refractivity contribution in [3.05, 3.63) is 65.0 Å². The summed E-state index contributed by atoms with van der Waals surface area (Å²) in [4.78, 5) is 38.0. The highest BCUT2D eigenvalue weighted by atomic mass is 19.3. The molecule has 1 aliphatic heterocycles. The van der Waals surface area contributed by atoms with E-state index in [0.29, 0.717) is 28.6 Å². The zero-order valence-corrected chi connectivity index (χ0v) is 17.4. The summed E-state index contributed by atoms with van der Waals surface area (Å²) in [5.41, 5.74) is -0.702. The van der Waals surface area contributed by atoms with Gasteiger partial charge in [0.1, 0.15) is 23.6 Å². The first-order valence-electron chi connectivity index (χ1n) is 10.2. The van der Waals surface area contributed by atoms with E-state index < -0.39 is 35.6 Å². The van der Waals surface area contributed by atoms with Crippen LogP contribution in [0.1, 0.15) is 39.6 Å². The van der Waals surface area contributed by atoms with Gasteiger partial charge in [0.15, 0.2) is 0 Å². The number of hydrogen-bond acceptors (Lipinski definition) is 5. The Balaban J connectivity index is 1.97. The van der Waals surface area contributed by atoms with Crippen LogP contribution in [0.4, 0.5) is 18.9 Å². The van der Waals surface area contributed by atoms with Crippen LogP contribution in [-0.2, 0) is 11.2 Å². The van der Waals surface area contributed by atoms with Crippen molar-refractivity contribution in [1.82, 2.24) is 0 Å². The van der Waals surface area contributed by atoms with Gasteiger partial charge >= 0.3 is 6.61 Å². The molecule has 0 radical (unpaired) electrons. The summed E-state index contributed by atoms with van der Waals surface area (Å²) >= 11 is 0. The summed E-state index contributed by atoms with van der Waals surface area (Å²) < 4.78 is 51.9. The Kier molecular flexibility index (Phi) is 6.04. The van der Waals surface area contributed by atoms with E-state index >= 15 is 0 Å². The molecular formula is C24H18F3NO5. The minimum absolute atomic E-state index is 0.0444. The summed E-state index contributed by atoms with van der Waals surface area (Å²) in [6.45, 7) is -1.23. The Hall–Kier alpha value is -3.88. The molecule has 2 amide bonds. The van der Waals surface area contributed by atoms with E-state index in [-0.39, 0.29) is 35.4 Å². The predicted molar refractivity (Wildman–Crippen MR) is 114 cm³/mol. The van der Waals surface area contributed by atoms with Crippen molar-refractivity contribution in [3.63, 3.8) is 0 Å². The van der Waals surface area contributed by atoms with Gasteiger partial charge in [0.25, 0.3) is 11.8 Å². The number of rotatable bonds is 8. The molecule has 3 aromatic carbocycles. The molecule has 0 N–H and O–H groups in total. The predicted octanol–water partition coefficient (Wildman–Crippen LogP) is 4.91. The fraction of sp³-hybridized carbons (Fsp3) is 0.208. The van der Waals surface area contributed by atoms with Crippen LogP contribution >= 0.6 is 0 Å². The molecule has 1 aliphatic rings. The summed E-state index contributed by atoms with van der Waals surface area (Å²) in [7, 11) is 0. The third kappa shape index (κ3) is 3.79. The lowest BCUT2D eigenvalue weighted by Crippen LogP contribution is -2.30. The molecule has 170 valence electrons. The number of imide groups is 1. The van der Waals surface area contributed by atoms with Crippen molar-refractivity contribution in [1.29, 1.82) is 0 Å². The number of halogens is 3. The zero-order valence-electron chi connectivity index (χ0n) is 17.4. The largest absolute Gasteiger partial charge is 0.492 e. The molecule has 0 saturated heterocycles. The van der Waals surface area contributed by atoms with Crippen molar-refractivity contribution in [2.45, 2.75) is 26.4 Å². The average Bonchev–Trinajstić information content (AvgIpc) is 3.04. The average molecular weight is 457 g/mol. The minimum atomic E-state index is -3.27. The number of benzene rings is 3. The molecule has 4 rings (SSSR count). The summed E-state index contributed by atoms with van der Waals surface area (Å²) in [6, 6.07) is 9.86. The van der Waals surface area contributed by atoms with Crippen LogP contribution in [0.3, 0.4) is 0 Å².